The molecule has 0 atom stereocenters. The molecule has 0 saturated heterocycles. The van der Waals surface area contributed by atoms with Crippen LogP contribution in [0.1, 0.15) is 18.4 Å². The highest BCUT2D eigenvalue weighted by Crippen LogP contribution is 2.50. The molecule has 1 fully saturated rings. The number of hydrogen-bond donors (Lipinski definition) is 0. The molecule has 0 bridgehead atoms. The second kappa shape index (κ2) is 3.21. The van der Waals surface area contributed by atoms with E-state index in [9.17, 15) is 10.1 Å². The Morgan fingerprint density at radius 2 is 2.20 bits per heavy atom. The van der Waals surface area contributed by atoms with Gasteiger partial charge in [-0.2, -0.15) is 5.26 Å². The summed E-state index contributed by atoms with van der Waals surface area (Å²) in [6, 6.07) is 6.40. The van der Waals surface area contributed by atoms with Gasteiger partial charge in [-0.25, -0.2) is 0 Å². The third-order valence-corrected chi connectivity index (χ3v) is 2.97. The quantitative estimate of drug-likeness (QED) is 0.571. The number of hydrogen-bond acceptors (Lipinski definition) is 3. The summed E-state index contributed by atoms with van der Waals surface area (Å²) in [4.78, 5) is 10.1. The molecule has 0 amide bonds. The van der Waals surface area contributed by atoms with Gasteiger partial charge in [0.25, 0.3) is 5.69 Å². The minimum Gasteiger partial charge on any atom is -0.258 e. The van der Waals surface area contributed by atoms with Gasteiger partial charge < -0.3 is 0 Å². The number of nitro groups is 1. The maximum Gasteiger partial charge on any atom is 0.269 e. The van der Waals surface area contributed by atoms with Crippen molar-refractivity contribution < 1.29 is 4.92 Å². The van der Waals surface area contributed by atoms with Crippen LogP contribution in [-0.4, -0.2) is 4.92 Å². The first-order chi connectivity index (χ1) is 7.09. The van der Waals surface area contributed by atoms with Crippen molar-refractivity contribution in [3.05, 3.63) is 38.9 Å². The first-order valence-electron chi connectivity index (χ1n) is 4.45. The van der Waals surface area contributed by atoms with Crippen molar-refractivity contribution in [3.63, 3.8) is 0 Å². The molecule has 1 aliphatic carbocycles. The number of benzene rings is 1. The second-order valence-electron chi connectivity index (χ2n) is 3.62. The average Bonchev–Trinajstić information content (AvgIpc) is 2.99. The zero-order chi connectivity index (χ0) is 11.1. The van der Waals surface area contributed by atoms with Crippen molar-refractivity contribution in [1.29, 1.82) is 5.26 Å². The molecular formula is C10H7ClN2O2. The Morgan fingerprint density at radius 1 is 1.53 bits per heavy atom. The maximum atomic E-state index is 10.6. The van der Waals surface area contributed by atoms with Crippen LogP contribution in [0.4, 0.5) is 5.69 Å². The fourth-order valence-electron chi connectivity index (χ4n) is 1.56. The van der Waals surface area contributed by atoms with E-state index in [1.54, 1.807) is 0 Å². The molecule has 15 heavy (non-hydrogen) atoms. The summed E-state index contributed by atoms with van der Waals surface area (Å²) in [5.74, 6) is 0. The van der Waals surface area contributed by atoms with Crippen LogP contribution >= 0.6 is 11.6 Å². The number of rotatable bonds is 2. The van der Waals surface area contributed by atoms with Crippen molar-refractivity contribution in [2.24, 2.45) is 0 Å². The molecule has 1 aromatic carbocycles. The van der Waals surface area contributed by atoms with Crippen LogP contribution < -0.4 is 0 Å². The van der Waals surface area contributed by atoms with E-state index in [1.165, 1.54) is 18.2 Å². The highest BCUT2D eigenvalue weighted by Gasteiger charge is 2.46. The molecular weight excluding hydrogens is 216 g/mol. The van der Waals surface area contributed by atoms with E-state index in [-0.39, 0.29) is 5.69 Å². The van der Waals surface area contributed by atoms with Crippen LogP contribution in [0, 0.1) is 21.4 Å². The summed E-state index contributed by atoms with van der Waals surface area (Å²) in [6.07, 6.45) is 1.45. The van der Waals surface area contributed by atoms with Gasteiger partial charge in [0, 0.05) is 17.2 Å². The molecule has 0 N–H and O–H groups in total. The van der Waals surface area contributed by atoms with E-state index in [2.05, 4.69) is 6.07 Å². The van der Waals surface area contributed by atoms with Crippen molar-refractivity contribution in [3.8, 4) is 6.07 Å². The molecule has 1 aromatic rings. The van der Waals surface area contributed by atoms with E-state index >= 15 is 0 Å². The average molecular weight is 223 g/mol. The van der Waals surface area contributed by atoms with E-state index in [1.807, 2.05) is 0 Å². The molecule has 2 rings (SSSR count). The van der Waals surface area contributed by atoms with Gasteiger partial charge in [0.05, 0.1) is 16.4 Å². The SMILES string of the molecule is N#CC1(c2cc([N+](=O)[O-])ccc2Cl)CC1. The fourth-order valence-corrected chi connectivity index (χ4v) is 1.86. The Labute approximate surface area is 91.2 Å². The Kier molecular flexibility index (Phi) is 2.13. The lowest BCUT2D eigenvalue weighted by Gasteiger charge is -2.07. The zero-order valence-corrected chi connectivity index (χ0v) is 8.49. The number of nitro benzene ring substituents is 1. The number of non-ortho nitro benzene ring substituents is 1. The summed E-state index contributed by atoms with van der Waals surface area (Å²) < 4.78 is 0. The molecule has 0 spiro atoms. The predicted molar refractivity (Wildman–Crippen MR) is 54.6 cm³/mol. The Morgan fingerprint density at radius 3 is 2.67 bits per heavy atom. The second-order valence-corrected chi connectivity index (χ2v) is 4.02. The highest BCUT2D eigenvalue weighted by molar-refractivity contribution is 6.31. The zero-order valence-electron chi connectivity index (χ0n) is 7.74. The van der Waals surface area contributed by atoms with Crippen LogP contribution in [0.15, 0.2) is 18.2 Å². The first kappa shape index (κ1) is 9.94. The summed E-state index contributed by atoms with van der Waals surface area (Å²) in [7, 11) is 0. The monoisotopic (exact) mass is 222 g/mol. The lowest BCUT2D eigenvalue weighted by molar-refractivity contribution is -0.384. The normalized spacial score (nSPS) is 16.8. The van der Waals surface area contributed by atoms with Gasteiger partial charge in [-0.05, 0) is 24.5 Å². The Bertz CT molecular complexity index is 475. The smallest absolute Gasteiger partial charge is 0.258 e. The highest BCUT2D eigenvalue weighted by atomic mass is 35.5. The minimum atomic E-state index is -0.580. The van der Waals surface area contributed by atoms with Gasteiger partial charge in [0.15, 0.2) is 0 Å². The van der Waals surface area contributed by atoms with Crippen molar-refractivity contribution in [2.75, 3.05) is 0 Å². The molecule has 5 heteroatoms. The van der Waals surface area contributed by atoms with Crippen LogP contribution in [0.5, 0.6) is 0 Å². The maximum absolute atomic E-state index is 10.6. The van der Waals surface area contributed by atoms with E-state index in [4.69, 9.17) is 16.9 Å². The largest absolute Gasteiger partial charge is 0.269 e. The third-order valence-electron chi connectivity index (χ3n) is 2.64. The Balaban J connectivity index is 2.52. The lowest BCUT2D eigenvalue weighted by atomic mass is 9.97. The molecule has 0 radical (unpaired) electrons. The number of nitriles is 1. The standard InChI is InChI=1S/C10H7ClN2O2/c11-9-2-1-7(13(14)15)5-8(9)10(6-12)3-4-10/h1-2,5H,3-4H2. The van der Waals surface area contributed by atoms with Crippen molar-refractivity contribution in [1.82, 2.24) is 0 Å². The fraction of sp³-hybridized carbons (Fsp3) is 0.300. The Hall–Kier alpha value is -1.60. The van der Waals surface area contributed by atoms with Gasteiger partial charge >= 0.3 is 0 Å². The molecule has 1 saturated carbocycles. The topological polar surface area (TPSA) is 66.9 Å². The van der Waals surface area contributed by atoms with Crippen LogP contribution in [0.2, 0.25) is 5.02 Å². The van der Waals surface area contributed by atoms with Crippen LogP contribution in [0.25, 0.3) is 0 Å². The molecule has 76 valence electrons. The van der Waals surface area contributed by atoms with Gasteiger partial charge in [-0.1, -0.05) is 11.6 Å². The van der Waals surface area contributed by atoms with Crippen LogP contribution in [0.3, 0.4) is 0 Å². The van der Waals surface area contributed by atoms with E-state index in [0.717, 1.165) is 12.8 Å². The molecule has 0 aliphatic heterocycles. The summed E-state index contributed by atoms with van der Waals surface area (Å²) >= 11 is 5.93. The van der Waals surface area contributed by atoms with E-state index in [0.29, 0.717) is 10.6 Å². The van der Waals surface area contributed by atoms with Gasteiger partial charge in [0.2, 0.25) is 0 Å². The van der Waals surface area contributed by atoms with E-state index < -0.39 is 10.3 Å². The number of halogens is 1. The van der Waals surface area contributed by atoms with Gasteiger partial charge in [-0.15, -0.1) is 0 Å². The molecule has 0 aromatic heterocycles. The first-order valence-corrected chi connectivity index (χ1v) is 4.82. The molecule has 4 nitrogen and oxygen atoms in total. The lowest BCUT2D eigenvalue weighted by Crippen LogP contribution is -2.04. The molecule has 0 heterocycles. The third kappa shape index (κ3) is 1.55. The van der Waals surface area contributed by atoms with Crippen molar-refractivity contribution >= 4 is 17.3 Å². The summed E-state index contributed by atoms with van der Waals surface area (Å²) in [6.45, 7) is 0. The molecule has 1 aliphatic rings. The summed E-state index contributed by atoms with van der Waals surface area (Å²) in [5.41, 5.74) is -0.0138. The van der Waals surface area contributed by atoms with Crippen LogP contribution in [-0.2, 0) is 5.41 Å². The number of nitrogens with zero attached hydrogens (tertiary/aromatic N) is 2. The predicted octanol–water partition coefficient (Wildman–Crippen LogP) is 2.80. The van der Waals surface area contributed by atoms with Gasteiger partial charge in [0.1, 0.15) is 0 Å². The van der Waals surface area contributed by atoms with Gasteiger partial charge in [-0.3, -0.25) is 10.1 Å². The minimum absolute atomic E-state index is 0.0177. The molecule has 0 unspecified atom stereocenters. The summed E-state index contributed by atoms with van der Waals surface area (Å²) in [5, 5.41) is 20.0. The van der Waals surface area contributed by atoms with Crippen molar-refractivity contribution in [2.45, 2.75) is 18.3 Å².